The maximum Gasteiger partial charge on any atom is 0.337 e. The van der Waals surface area contributed by atoms with Gasteiger partial charge < -0.3 is 26.2 Å². The zero-order valence-corrected chi connectivity index (χ0v) is 9.74. The summed E-state index contributed by atoms with van der Waals surface area (Å²) in [5.74, 6) is -1.65. The number of urea groups is 1. The first-order chi connectivity index (χ1) is 7.79. The predicted octanol–water partition coefficient (Wildman–Crippen LogP) is -1.74. The molecule has 8 nitrogen and oxygen atoms in total. The molecule has 0 rings (SSSR count). The van der Waals surface area contributed by atoms with Gasteiger partial charge in [0, 0.05) is 20.0 Å². The highest BCUT2D eigenvalue weighted by atomic mass is 16.4. The van der Waals surface area contributed by atoms with Crippen molar-refractivity contribution in [1.82, 2.24) is 16.0 Å². The molecule has 0 aliphatic rings. The van der Waals surface area contributed by atoms with Gasteiger partial charge in [-0.2, -0.15) is 0 Å². The number of carboxylic acids is 1. The fourth-order valence-corrected chi connectivity index (χ4v) is 0.805. The summed E-state index contributed by atoms with van der Waals surface area (Å²) in [7, 11) is 1.48. The molecule has 0 aromatic carbocycles. The summed E-state index contributed by atoms with van der Waals surface area (Å²) < 4.78 is 0. The van der Waals surface area contributed by atoms with E-state index in [4.69, 9.17) is 5.11 Å². The molecule has 0 heterocycles. The largest absolute Gasteiger partial charge is 0.479 e. The summed E-state index contributed by atoms with van der Waals surface area (Å²) in [6.45, 7) is 0.773. The number of rotatable bonds is 6. The first-order valence-electron chi connectivity index (χ1n) is 4.97. The van der Waals surface area contributed by atoms with Crippen molar-refractivity contribution >= 4 is 17.9 Å². The summed E-state index contributed by atoms with van der Waals surface area (Å²) in [4.78, 5) is 32.4. The highest BCUT2D eigenvalue weighted by Gasteiger charge is 2.30. The highest BCUT2D eigenvalue weighted by Crippen LogP contribution is 2.00. The number of amides is 3. The summed E-state index contributed by atoms with van der Waals surface area (Å²) >= 11 is 0. The van der Waals surface area contributed by atoms with E-state index in [1.165, 1.54) is 7.05 Å². The van der Waals surface area contributed by atoms with Crippen LogP contribution >= 0.6 is 0 Å². The standard InChI is InChI=1S/C9H17N3O5/c1-9(17,7(14)15)5-12-8(16)11-4-3-6(13)10-2/h17H,3-5H2,1-2H3,(H,10,13)(H,14,15)(H2,11,12,16). The first-order valence-corrected chi connectivity index (χ1v) is 4.97. The molecular formula is C9H17N3O5. The molecule has 0 fully saturated rings. The molecule has 1 atom stereocenters. The second-order valence-corrected chi connectivity index (χ2v) is 3.61. The first kappa shape index (κ1) is 15.2. The van der Waals surface area contributed by atoms with E-state index in [0.29, 0.717) is 0 Å². The van der Waals surface area contributed by atoms with Gasteiger partial charge in [-0.1, -0.05) is 0 Å². The van der Waals surface area contributed by atoms with E-state index in [2.05, 4.69) is 16.0 Å². The molecule has 8 heteroatoms. The highest BCUT2D eigenvalue weighted by molar-refractivity contribution is 5.80. The van der Waals surface area contributed by atoms with Gasteiger partial charge >= 0.3 is 12.0 Å². The monoisotopic (exact) mass is 247 g/mol. The number of nitrogens with one attached hydrogen (secondary N) is 3. The lowest BCUT2D eigenvalue weighted by molar-refractivity contribution is -0.155. The summed E-state index contributed by atoms with van der Waals surface area (Å²) in [5.41, 5.74) is -2.02. The Bertz CT molecular complexity index is 303. The van der Waals surface area contributed by atoms with Crippen LogP contribution < -0.4 is 16.0 Å². The third-order valence-corrected chi connectivity index (χ3v) is 1.97. The zero-order chi connectivity index (χ0) is 13.5. The van der Waals surface area contributed by atoms with Gasteiger partial charge in [0.2, 0.25) is 5.91 Å². The maximum absolute atomic E-state index is 11.1. The number of hydrogen-bond acceptors (Lipinski definition) is 4. The van der Waals surface area contributed by atoms with Gasteiger partial charge in [-0.3, -0.25) is 4.79 Å². The minimum atomic E-state index is -2.02. The molecule has 0 aromatic heterocycles. The third kappa shape index (κ3) is 6.36. The lowest BCUT2D eigenvalue weighted by Crippen LogP contribution is -2.49. The van der Waals surface area contributed by atoms with E-state index in [-0.39, 0.29) is 18.9 Å². The second kappa shape index (κ2) is 6.69. The summed E-state index contributed by atoms with van der Waals surface area (Å²) in [6, 6.07) is -0.643. The van der Waals surface area contributed by atoms with Crippen molar-refractivity contribution in [2.24, 2.45) is 0 Å². The Kier molecular flexibility index (Phi) is 5.97. The van der Waals surface area contributed by atoms with E-state index >= 15 is 0 Å². The number of aliphatic carboxylic acids is 1. The normalized spacial score (nSPS) is 13.4. The summed E-state index contributed by atoms with van der Waals surface area (Å²) in [6.07, 6.45) is 0.124. The molecular weight excluding hydrogens is 230 g/mol. The van der Waals surface area contributed by atoms with Crippen molar-refractivity contribution in [3.63, 3.8) is 0 Å². The molecule has 5 N–H and O–H groups in total. The Balaban J connectivity index is 3.81. The molecule has 98 valence electrons. The molecule has 1 unspecified atom stereocenters. The molecule has 0 aliphatic carbocycles. The Morgan fingerprint density at radius 3 is 2.29 bits per heavy atom. The van der Waals surface area contributed by atoms with Gasteiger partial charge in [-0.25, -0.2) is 9.59 Å². The Morgan fingerprint density at radius 2 is 1.82 bits per heavy atom. The molecule has 0 radical (unpaired) electrons. The van der Waals surface area contributed by atoms with Crippen LogP contribution in [0, 0.1) is 0 Å². The van der Waals surface area contributed by atoms with Crippen molar-refractivity contribution in [1.29, 1.82) is 0 Å². The topological polar surface area (TPSA) is 128 Å². The Morgan fingerprint density at radius 1 is 1.24 bits per heavy atom. The van der Waals surface area contributed by atoms with Crippen LogP contribution in [0.5, 0.6) is 0 Å². The molecule has 0 bridgehead atoms. The predicted molar refractivity (Wildman–Crippen MR) is 58.3 cm³/mol. The molecule has 0 saturated carbocycles. The van der Waals surface area contributed by atoms with Crippen LogP contribution in [-0.2, 0) is 9.59 Å². The van der Waals surface area contributed by atoms with Crippen molar-refractivity contribution in [3.8, 4) is 0 Å². The number of aliphatic hydroxyl groups is 1. The Labute approximate surface area is 98.4 Å². The maximum atomic E-state index is 11.1. The fourth-order valence-electron chi connectivity index (χ4n) is 0.805. The quantitative estimate of drug-likeness (QED) is 0.380. The van der Waals surface area contributed by atoms with Gasteiger partial charge in [0.25, 0.3) is 0 Å². The van der Waals surface area contributed by atoms with Crippen LogP contribution in [0.15, 0.2) is 0 Å². The van der Waals surface area contributed by atoms with Crippen LogP contribution in [0.4, 0.5) is 4.79 Å². The van der Waals surface area contributed by atoms with E-state index in [1.807, 2.05) is 0 Å². The minimum Gasteiger partial charge on any atom is -0.479 e. The van der Waals surface area contributed by atoms with Gasteiger partial charge in [0.05, 0.1) is 6.54 Å². The SMILES string of the molecule is CNC(=O)CCNC(=O)NCC(C)(O)C(=O)O. The molecule has 0 saturated heterocycles. The molecule has 17 heavy (non-hydrogen) atoms. The molecule has 0 aliphatic heterocycles. The van der Waals surface area contributed by atoms with Crippen LogP contribution in [0.3, 0.4) is 0 Å². The molecule has 3 amide bonds. The lowest BCUT2D eigenvalue weighted by Gasteiger charge is -2.18. The van der Waals surface area contributed by atoms with E-state index in [1.54, 1.807) is 0 Å². The second-order valence-electron chi connectivity index (χ2n) is 3.61. The molecule has 0 aromatic rings. The van der Waals surface area contributed by atoms with Gasteiger partial charge in [0.1, 0.15) is 0 Å². The Hall–Kier alpha value is -1.83. The molecule has 0 spiro atoms. The van der Waals surface area contributed by atoms with E-state index in [9.17, 15) is 19.5 Å². The van der Waals surface area contributed by atoms with Crippen molar-refractivity contribution in [3.05, 3.63) is 0 Å². The van der Waals surface area contributed by atoms with Crippen LogP contribution in [0.25, 0.3) is 0 Å². The smallest absolute Gasteiger partial charge is 0.337 e. The average Bonchev–Trinajstić information content (AvgIpc) is 2.26. The third-order valence-electron chi connectivity index (χ3n) is 1.97. The minimum absolute atomic E-state index is 0.124. The summed E-state index contributed by atoms with van der Waals surface area (Å²) in [5, 5.41) is 24.8. The van der Waals surface area contributed by atoms with Crippen molar-refractivity contribution in [2.75, 3.05) is 20.1 Å². The van der Waals surface area contributed by atoms with Gasteiger partial charge in [-0.05, 0) is 6.92 Å². The van der Waals surface area contributed by atoms with E-state index in [0.717, 1.165) is 6.92 Å². The number of carboxylic acid groups (broad SMARTS) is 1. The fraction of sp³-hybridized carbons (Fsp3) is 0.667. The zero-order valence-electron chi connectivity index (χ0n) is 9.74. The van der Waals surface area contributed by atoms with Crippen molar-refractivity contribution in [2.45, 2.75) is 18.9 Å². The number of carbonyl (C=O) groups excluding carboxylic acids is 2. The van der Waals surface area contributed by atoms with Crippen LogP contribution in [0.2, 0.25) is 0 Å². The van der Waals surface area contributed by atoms with E-state index < -0.39 is 24.1 Å². The van der Waals surface area contributed by atoms with Crippen molar-refractivity contribution < 1.29 is 24.6 Å². The van der Waals surface area contributed by atoms with Gasteiger partial charge in [-0.15, -0.1) is 0 Å². The number of carbonyl (C=O) groups is 3. The van der Waals surface area contributed by atoms with Crippen LogP contribution in [-0.4, -0.2) is 53.9 Å². The number of hydrogen-bond donors (Lipinski definition) is 5. The average molecular weight is 247 g/mol. The van der Waals surface area contributed by atoms with Crippen LogP contribution in [0.1, 0.15) is 13.3 Å². The van der Waals surface area contributed by atoms with Gasteiger partial charge in [0.15, 0.2) is 5.60 Å². The lowest BCUT2D eigenvalue weighted by atomic mass is 10.1.